The van der Waals surface area contributed by atoms with Crippen molar-refractivity contribution in [3.05, 3.63) is 23.9 Å². The van der Waals surface area contributed by atoms with Crippen LogP contribution in [-0.2, 0) is 0 Å². The van der Waals surface area contributed by atoms with Crippen molar-refractivity contribution in [1.29, 1.82) is 0 Å². The molecule has 1 fully saturated rings. The number of pyridine rings is 1. The predicted molar refractivity (Wildman–Crippen MR) is 63.5 cm³/mol. The Morgan fingerprint density at radius 2 is 2.00 bits per heavy atom. The summed E-state index contributed by atoms with van der Waals surface area (Å²) in [5.41, 5.74) is 5.48. The molecule has 1 unspecified atom stereocenters. The lowest BCUT2D eigenvalue weighted by atomic mass is 9.99. The summed E-state index contributed by atoms with van der Waals surface area (Å²) in [6.45, 7) is 1.08. The van der Waals surface area contributed by atoms with Gasteiger partial charge in [0.25, 0.3) is 0 Å². The van der Waals surface area contributed by atoms with Crippen LogP contribution in [-0.4, -0.2) is 30.8 Å². The third-order valence-electron chi connectivity index (χ3n) is 3.23. The minimum absolute atomic E-state index is 0.189. The van der Waals surface area contributed by atoms with Gasteiger partial charge in [-0.25, -0.2) is 4.98 Å². The maximum absolute atomic E-state index is 12.9. The average Bonchev–Trinajstić information content (AvgIpc) is 2.82. The van der Waals surface area contributed by atoms with E-state index in [1.54, 1.807) is 0 Å². The first kappa shape index (κ1) is 13.1. The Balaban J connectivity index is 2.37. The Labute approximate surface area is 104 Å². The molecule has 0 amide bonds. The molecule has 100 valence electrons. The number of alkyl halides is 3. The normalized spacial score (nSPS) is 18.1. The van der Waals surface area contributed by atoms with Gasteiger partial charge in [0, 0.05) is 31.4 Å². The summed E-state index contributed by atoms with van der Waals surface area (Å²) in [6.07, 6.45) is -0.808. The Hall–Kier alpha value is -1.30. The monoisotopic (exact) mass is 259 g/mol. The van der Waals surface area contributed by atoms with Crippen LogP contribution in [0.1, 0.15) is 24.3 Å². The molecular weight excluding hydrogens is 243 g/mol. The Bertz CT molecular complexity index is 400. The lowest BCUT2D eigenvalue weighted by molar-refractivity contribution is -0.148. The van der Waals surface area contributed by atoms with Gasteiger partial charge in [-0.2, -0.15) is 13.2 Å². The van der Waals surface area contributed by atoms with Crippen molar-refractivity contribution in [1.82, 2.24) is 4.98 Å². The van der Waals surface area contributed by atoms with Crippen molar-refractivity contribution in [2.24, 2.45) is 5.73 Å². The van der Waals surface area contributed by atoms with Crippen LogP contribution in [0.3, 0.4) is 0 Å². The first-order chi connectivity index (χ1) is 8.54. The van der Waals surface area contributed by atoms with E-state index in [0.29, 0.717) is 5.82 Å². The fraction of sp³-hybridized carbons (Fsp3) is 0.583. The Kier molecular flexibility index (Phi) is 3.75. The molecule has 1 aromatic rings. The lowest BCUT2D eigenvalue weighted by Gasteiger charge is -2.25. The van der Waals surface area contributed by atoms with E-state index < -0.39 is 18.6 Å². The summed E-state index contributed by atoms with van der Waals surface area (Å²) in [6, 6.07) is 3.01. The maximum atomic E-state index is 12.9. The topological polar surface area (TPSA) is 42.1 Å². The second-order valence-electron chi connectivity index (χ2n) is 4.44. The molecule has 3 nitrogen and oxygen atoms in total. The molecule has 2 heterocycles. The zero-order valence-electron chi connectivity index (χ0n) is 9.95. The van der Waals surface area contributed by atoms with Crippen LogP contribution in [0, 0.1) is 0 Å². The second kappa shape index (κ2) is 5.14. The minimum atomic E-state index is -4.33. The summed E-state index contributed by atoms with van der Waals surface area (Å²) in [5, 5.41) is 0. The number of halogens is 3. The molecule has 2 rings (SSSR count). The third kappa shape index (κ3) is 2.58. The van der Waals surface area contributed by atoms with Crippen LogP contribution < -0.4 is 10.6 Å². The molecule has 0 spiro atoms. The lowest BCUT2D eigenvalue weighted by Crippen LogP contribution is -2.31. The number of nitrogens with zero attached hydrogens (tertiary/aromatic N) is 2. The maximum Gasteiger partial charge on any atom is 0.397 e. The number of rotatable bonds is 3. The van der Waals surface area contributed by atoms with Crippen LogP contribution in [0.2, 0.25) is 0 Å². The molecule has 1 saturated heterocycles. The number of hydrogen-bond donors (Lipinski definition) is 1. The first-order valence-corrected chi connectivity index (χ1v) is 6.00. The van der Waals surface area contributed by atoms with Gasteiger partial charge in [0.15, 0.2) is 0 Å². The Morgan fingerprint density at radius 3 is 2.56 bits per heavy atom. The SMILES string of the molecule is NCC(c1cccnc1N1CCCC1)C(F)(F)F. The fourth-order valence-corrected chi connectivity index (χ4v) is 2.31. The number of hydrogen-bond acceptors (Lipinski definition) is 3. The van der Waals surface area contributed by atoms with Gasteiger partial charge in [0.1, 0.15) is 5.82 Å². The minimum Gasteiger partial charge on any atom is -0.356 e. The molecule has 0 aromatic carbocycles. The van der Waals surface area contributed by atoms with Crippen molar-refractivity contribution in [2.45, 2.75) is 24.9 Å². The van der Waals surface area contributed by atoms with E-state index in [0.717, 1.165) is 25.9 Å². The van der Waals surface area contributed by atoms with Crippen LogP contribution in [0.15, 0.2) is 18.3 Å². The first-order valence-electron chi connectivity index (χ1n) is 6.00. The number of anilines is 1. The van der Waals surface area contributed by atoms with Crippen molar-refractivity contribution in [3.63, 3.8) is 0 Å². The summed E-state index contributed by atoms with van der Waals surface area (Å²) in [7, 11) is 0. The molecule has 2 N–H and O–H groups in total. The molecule has 1 aromatic heterocycles. The standard InChI is InChI=1S/C12H16F3N3/c13-12(14,15)10(8-16)9-4-3-5-17-11(9)18-6-1-2-7-18/h3-5,10H,1-2,6-8,16H2. The van der Waals surface area contributed by atoms with Gasteiger partial charge in [0.2, 0.25) is 0 Å². The van der Waals surface area contributed by atoms with Gasteiger partial charge in [-0.1, -0.05) is 6.07 Å². The third-order valence-corrected chi connectivity index (χ3v) is 3.23. The summed E-state index contributed by atoms with van der Waals surface area (Å²) < 4.78 is 38.8. The van der Waals surface area contributed by atoms with Crippen molar-refractivity contribution >= 4 is 5.82 Å². The molecule has 0 aliphatic carbocycles. The van der Waals surface area contributed by atoms with E-state index in [2.05, 4.69) is 4.98 Å². The highest BCUT2D eigenvalue weighted by molar-refractivity contribution is 5.50. The van der Waals surface area contributed by atoms with Crippen LogP contribution in [0.4, 0.5) is 19.0 Å². The van der Waals surface area contributed by atoms with E-state index in [1.165, 1.54) is 18.3 Å². The highest BCUT2D eigenvalue weighted by atomic mass is 19.4. The zero-order chi connectivity index (χ0) is 13.2. The smallest absolute Gasteiger partial charge is 0.356 e. The second-order valence-corrected chi connectivity index (χ2v) is 4.44. The Morgan fingerprint density at radius 1 is 1.33 bits per heavy atom. The van der Waals surface area contributed by atoms with E-state index in [-0.39, 0.29) is 5.56 Å². The molecule has 1 aliphatic rings. The molecule has 1 aliphatic heterocycles. The van der Waals surface area contributed by atoms with E-state index >= 15 is 0 Å². The van der Waals surface area contributed by atoms with Gasteiger partial charge >= 0.3 is 6.18 Å². The van der Waals surface area contributed by atoms with Crippen LogP contribution >= 0.6 is 0 Å². The van der Waals surface area contributed by atoms with E-state index in [4.69, 9.17) is 5.73 Å². The van der Waals surface area contributed by atoms with Crippen molar-refractivity contribution in [2.75, 3.05) is 24.5 Å². The number of nitrogens with two attached hydrogens (primary N) is 1. The van der Waals surface area contributed by atoms with E-state index in [9.17, 15) is 13.2 Å². The molecule has 0 saturated carbocycles. The molecule has 0 bridgehead atoms. The van der Waals surface area contributed by atoms with Crippen LogP contribution in [0.5, 0.6) is 0 Å². The van der Waals surface area contributed by atoms with Crippen molar-refractivity contribution < 1.29 is 13.2 Å². The highest BCUT2D eigenvalue weighted by Gasteiger charge is 2.41. The molecule has 0 radical (unpaired) electrons. The zero-order valence-corrected chi connectivity index (χ0v) is 9.95. The molecule has 1 atom stereocenters. The summed E-state index contributed by atoms with van der Waals surface area (Å²) >= 11 is 0. The van der Waals surface area contributed by atoms with Crippen LogP contribution in [0.25, 0.3) is 0 Å². The van der Waals surface area contributed by atoms with Gasteiger partial charge in [-0.15, -0.1) is 0 Å². The van der Waals surface area contributed by atoms with Gasteiger partial charge in [-0.3, -0.25) is 0 Å². The fourth-order valence-electron chi connectivity index (χ4n) is 2.31. The summed E-state index contributed by atoms with van der Waals surface area (Å²) in [5.74, 6) is -1.20. The number of aromatic nitrogens is 1. The largest absolute Gasteiger partial charge is 0.397 e. The van der Waals surface area contributed by atoms with E-state index in [1.807, 2.05) is 4.90 Å². The average molecular weight is 259 g/mol. The molecular formula is C12H16F3N3. The summed E-state index contributed by atoms with van der Waals surface area (Å²) in [4.78, 5) is 6.02. The van der Waals surface area contributed by atoms with Crippen molar-refractivity contribution in [3.8, 4) is 0 Å². The van der Waals surface area contributed by atoms with Gasteiger partial charge in [0.05, 0.1) is 5.92 Å². The predicted octanol–water partition coefficient (Wildman–Crippen LogP) is 2.29. The molecule has 6 heteroatoms. The highest BCUT2D eigenvalue weighted by Crippen LogP contribution is 2.38. The quantitative estimate of drug-likeness (QED) is 0.905. The van der Waals surface area contributed by atoms with Gasteiger partial charge < -0.3 is 10.6 Å². The molecule has 18 heavy (non-hydrogen) atoms. The van der Waals surface area contributed by atoms with Gasteiger partial charge in [-0.05, 0) is 18.9 Å².